The zero-order valence-electron chi connectivity index (χ0n) is 14.5. The summed E-state index contributed by atoms with van der Waals surface area (Å²) in [6.45, 7) is 4.18. The van der Waals surface area contributed by atoms with Crippen molar-refractivity contribution >= 4 is 23.4 Å². The van der Waals surface area contributed by atoms with Crippen LogP contribution in [-0.4, -0.2) is 25.9 Å². The van der Waals surface area contributed by atoms with E-state index in [1.165, 1.54) is 16.7 Å². The number of benzene rings is 2. The molecule has 0 heterocycles. The summed E-state index contributed by atoms with van der Waals surface area (Å²) in [7, 11) is 3.16. The van der Waals surface area contributed by atoms with E-state index in [-0.39, 0.29) is 5.91 Å². The standard InChI is InChI=1S/C19H23NO3S/c1-13-7-14(2)9-15(8-13)11-24-12-19(21)20-16-5-6-17(22-3)18(10-16)23-4/h5-10H,11-12H2,1-4H3,(H,20,21). The Bertz CT molecular complexity index is 696. The van der Waals surface area contributed by atoms with Crippen molar-refractivity contribution < 1.29 is 14.3 Å². The fourth-order valence-electron chi connectivity index (χ4n) is 2.52. The zero-order chi connectivity index (χ0) is 17.5. The maximum absolute atomic E-state index is 12.1. The van der Waals surface area contributed by atoms with Gasteiger partial charge in [0.15, 0.2) is 11.5 Å². The van der Waals surface area contributed by atoms with E-state index in [1.54, 1.807) is 44.2 Å². The molecular formula is C19H23NO3S. The topological polar surface area (TPSA) is 47.6 Å². The third-order valence-electron chi connectivity index (χ3n) is 3.45. The second kappa shape index (κ2) is 8.64. The average Bonchev–Trinajstić information content (AvgIpc) is 2.53. The van der Waals surface area contributed by atoms with Gasteiger partial charge in [-0.2, -0.15) is 0 Å². The van der Waals surface area contributed by atoms with Gasteiger partial charge in [0.05, 0.1) is 20.0 Å². The Labute approximate surface area is 147 Å². The van der Waals surface area contributed by atoms with Gasteiger partial charge in [-0.15, -0.1) is 11.8 Å². The van der Waals surface area contributed by atoms with E-state index in [1.807, 2.05) is 0 Å². The molecule has 0 bridgehead atoms. The van der Waals surface area contributed by atoms with E-state index in [0.29, 0.717) is 22.9 Å². The van der Waals surface area contributed by atoms with Crippen molar-refractivity contribution in [2.75, 3.05) is 25.3 Å². The third kappa shape index (κ3) is 5.20. The molecule has 0 radical (unpaired) electrons. The molecule has 1 amide bonds. The first-order valence-corrected chi connectivity index (χ1v) is 8.84. The summed E-state index contributed by atoms with van der Waals surface area (Å²) in [6, 6.07) is 11.8. The number of methoxy groups -OCH3 is 2. The molecule has 0 aliphatic rings. The predicted molar refractivity (Wildman–Crippen MR) is 100 cm³/mol. The lowest BCUT2D eigenvalue weighted by molar-refractivity contribution is -0.113. The van der Waals surface area contributed by atoms with Crippen LogP contribution in [0.1, 0.15) is 16.7 Å². The number of amides is 1. The Morgan fingerprint density at radius 2 is 1.67 bits per heavy atom. The number of anilines is 1. The van der Waals surface area contributed by atoms with Gasteiger partial charge in [0.25, 0.3) is 0 Å². The molecule has 2 aromatic carbocycles. The number of thioether (sulfide) groups is 1. The van der Waals surface area contributed by atoms with Crippen molar-refractivity contribution in [2.24, 2.45) is 0 Å². The Kier molecular flexibility index (Phi) is 6.55. The van der Waals surface area contributed by atoms with E-state index in [2.05, 4.69) is 37.4 Å². The van der Waals surface area contributed by atoms with Crippen LogP contribution in [0.5, 0.6) is 11.5 Å². The van der Waals surface area contributed by atoms with Crippen LogP contribution >= 0.6 is 11.8 Å². The number of hydrogen-bond donors (Lipinski definition) is 1. The highest BCUT2D eigenvalue weighted by molar-refractivity contribution is 7.99. The first-order chi connectivity index (χ1) is 11.5. The van der Waals surface area contributed by atoms with Crippen LogP contribution in [0, 0.1) is 13.8 Å². The second-order valence-corrected chi connectivity index (χ2v) is 6.59. The highest BCUT2D eigenvalue weighted by Crippen LogP contribution is 2.29. The van der Waals surface area contributed by atoms with Crippen molar-refractivity contribution in [3.05, 3.63) is 53.1 Å². The van der Waals surface area contributed by atoms with E-state index in [0.717, 1.165) is 5.75 Å². The molecule has 0 aliphatic heterocycles. The maximum Gasteiger partial charge on any atom is 0.234 e. The molecule has 24 heavy (non-hydrogen) atoms. The Morgan fingerprint density at radius 1 is 1.00 bits per heavy atom. The first-order valence-electron chi connectivity index (χ1n) is 7.68. The first kappa shape index (κ1) is 18.2. The van der Waals surface area contributed by atoms with E-state index < -0.39 is 0 Å². The quantitative estimate of drug-likeness (QED) is 0.817. The van der Waals surface area contributed by atoms with Gasteiger partial charge in [-0.25, -0.2) is 0 Å². The van der Waals surface area contributed by atoms with Gasteiger partial charge in [-0.05, 0) is 31.5 Å². The van der Waals surface area contributed by atoms with Crippen LogP contribution in [0.4, 0.5) is 5.69 Å². The molecule has 0 aromatic heterocycles. The van der Waals surface area contributed by atoms with Gasteiger partial charge in [-0.3, -0.25) is 4.79 Å². The minimum absolute atomic E-state index is 0.0309. The van der Waals surface area contributed by atoms with Gasteiger partial charge in [0.1, 0.15) is 0 Å². The normalized spacial score (nSPS) is 10.3. The summed E-state index contributed by atoms with van der Waals surface area (Å²) in [5, 5.41) is 2.88. The fraction of sp³-hybridized carbons (Fsp3) is 0.316. The molecule has 0 spiro atoms. The molecule has 128 valence electrons. The summed E-state index contributed by atoms with van der Waals surface area (Å²) in [5.74, 6) is 2.43. The highest BCUT2D eigenvalue weighted by Gasteiger charge is 2.08. The van der Waals surface area contributed by atoms with Crippen LogP contribution in [0.2, 0.25) is 0 Å². The minimum Gasteiger partial charge on any atom is -0.493 e. The van der Waals surface area contributed by atoms with Crippen molar-refractivity contribution in [3.8, 4) is 11.5 Å². The lowest BCUT2D eigenvalue weighted by Crippen LogP contribution is -2.14. The predicted octanol–water partition coefficient (Wildman–Crippen LogP) is 4.19. The third-order valence-corrected chi connectivity index (χ3v) is 4.45. The minimum atomic E-state index is -0.0309. The molecule has 1 N–H and O–H groups in total. The van der Waals surface area contributed by atoms with Crippen LogP contribution < -0.4 is 14.8 Å². The lowest BCUT2D eigenvalue weighted by Gasteiger charge is -2.10. The maximum atomic E-state index is 12.1. The smallest absolute Gasteiger partial charge is 0.234 e. The van der Waals surface area contributed by atoms with Crippen molar-refractivity contribution in [2.45, 2.75) is 19.6 Å². The molecule has 0 saturated heterocycles. The Hall–Kier alpha value is -2.14. The molecule has 0 saturated carbocycles. The van der Waals surface area contributed by atoms with Crippen molar-refractivity contribution in [1.82, 2.24) is 0 Å². The van der Waals surface area contributed by atoms with Gasteiger partial charge in [0.2, 0.25) is 5.91 Å². The Morgan fingerprint density at radius 3 is 2.29 bits per heavy atom. The number of carbonyl (C=O) groups excluding carboxylic acids is 1. The van der Waals surface area contributed by atoms with Crippen LogP contribution in [-0.2, 0) is 10.5 Å². The molecule has 0 unspecified atom stereocenters. The molecular weight excluding hydrogens is 322 g/mol. The summed E-state index contributed by atoms with van der Waals surface area (Å²) in [4.78, 5) is 12.1. The highest BCUT2D eigenvalue weighted by atomic mass is 32.2. The number of aryl methyl sites for hydroxylation is 2. The monoisotopic (exact) mass is 345 g/mol. The summed E-state index contributed by atoms with van der Waals surface area (Å²) in [6.07, 6.45) is 0. The molecule has 0 fully saturated rings. The lowest BCUT2D eigenvalue weighted by atomic mass is 10.1. The van der Waals surface area contributed by atoms with Crippen molar-refractivity contribution in [1.29, 1.82) is 0 Å². The average molecular weight is 345 g/mol. The zero-order valence-corrected chi connectivity index (χ0v) is 15.3. The van der Waals surface area contributed by atoms with Crippen LogP contribution in [0.15, 0.2) is 36.4 Å². The SMILES string of the molecule is COc1ccc(NC(=O)CSCc2cc(C)cc(C)c2)cc1OC. The van der Waals surface area contributed by atoms with E-state index in [4.69, 9.17) is 9.47 Å². The largest absolute Gasteiger partial charge is 0.493 e. The molecule has 2 rings (SSSR count). The Balaban J connectivity index is 1.87. The van der Waals surface area contributed by atoms with Crippen LogP contribution in [0.25, 0.3) is 0 Å². The summed E-state index contributed by atoms with van der Waals surface area (Å²) >= 11 is 1.60. The number of ether oxygens (including phenoxy) is 2. The molecule has 0 aliphatic carbocycles. The summed E-state index contributed by atoms with van der Waals surface area (Å²) < 4.78 is 10.4. The van der Waals surface area contributed by atoms with E-state index >= 15 is 0 Å². The van der Waals surface area contributed by atoms with Gasteiger partial charge < -0.3 is 14.8 Å². The van der Waals surface area contributed by atoms with Crippen molar-refractivity contribution in [3.63, 3.8) is 0 Å². The number of nitrogens with one attached hydrogen (secondary N) is 1. The number of rotatable bonds is 7. The number of carbonyl (C=O) groups is 1. The molecule has 4 nitrogen and oxygen atoms in total. The molecule has 0 atom stereocenters. The van der Waals surface area contributed by atoms with Crippen LogP contribution in [0.3, 0.4) is 0 Å². The summed E-state index contributed by atoms with van der Waals surface area (Å²) in [5.41, 5.74) is 4.45. The van der Waals surface area contributed by atoms with Gasteiger partial charge >= 0.3 is 0 Å². The molecule has 5 heteroatoms. The number of hydrogen-bond acceptors (Lipinski definition) is 4. The second-order valence-electron chi connectivity index (χ2n) is 5.61. The van der Waals surface area contributed by atoms with E-state index in [9.17, 15) is 4.79 Å². The van der Waals surface area contributed by atoms with Gasteiger partial charge in [-0.1, -0.05) is 29.3 Å². The van der Waals surface area contributed by atoms with Gasteiger partial charge in [0, 0.05) is 17.5 Å². The fourth-order valence-corrected chi connectivity index (χ4v) is 3.29. The molecule has 2 aromatic rings.